The normalized spacial score (nSPS) is 15.4. The molecule has 0 aliphatic carbocycles. The van der Waals surface area contributed by atoms with E-state index in [1.807, 2.05) is 24.3 Å². The topological polar surface area (TPSA) is 36.9 Å². The van der Waals surface area contributed by atoms with Crippen LogP contribution >= 0.6 is 69.6 Å². The molecule has 138 valence electrons. The predicted octanol–water partition coefficient (Wildman–Crippen LogP) is 6.15. The van der Waals surface area contributed by atoms with E-state index < -0.39 is 7.59 Å². The zero-order valence-electron chi connectivity index (χ0n) is 13.1. The van der Waals surface area contributed by atoms with Gasteiger partial charge in [-0.05, 0) is 18.2 Å². The summed E-state index contributed by atoms with van der Waals surface area (Å²) in [6.45, 7) is 0. The maximum Gasteiger partial charge on any atom is 0.234 e. The van der Waals surface area contributed by atoms with Crippen molar-refractivity contribution in [3.05, 3.63) is 48.2 Å². The van der Waals surface area contributed by atoms with E-state index >= 15 is 0 Å². The summed E-state index contributed by atoms with van der Waals surface area (Å²) in [6.07, 6.45) is 1.39. The van der Waals surface area contributed by atoms with Gasteiger partial charge in [0.15, 0.2) is 0 Å². The van der Waals surface area contributed by atoms with Gasteiger partial charge in [-0.25, -0.2) is 0 Å². The van der Waals surface area contributed by atoms with Crippen molar-refractivity contribution < 1.29 is 4.74 Å². The molecule has 0 amide bonds. The first-order chi connectivity index (χ1) is 12.1. The molecule has 2 aromatic carbocycles. The van der Waals surface area contributed by atoms with Crippen LogP contribution in [0.1, 0.15) is 0 Å². The first-order valence-electron chi connectivity index (χ1n) is 7.18. The van der Waals surface area contributed by atoms with Crippen LogP contribution in [-0.2, 0) is 0 Å². The van der Waals surface area contributed by atoms with Crippen LogP contribution in [0.3, 0.4) is 0 Å². The van der Waals surface area contributed by atoms with Crippen molar-refractivity contribution in [3.63, 3.8) is 0 Å². The van der Waals surface area contributed by atoms with E-state index in [4.69, 9.17) is 74.3 Å². The maximum atomic E-state index is 6.02. The standard InChI is InChI=1S/C16H11Cl6N3O/c1-26-12-7-6-11(9-4-2-3-5-10(9)12)25-23-13(15(17,18)19)8-14(24-25)16(20,21)22/h2-8,23H,1H3. The van der Waals surface area contributed by atoms with Crippen molar-refractivity contribution in [3.8, 4) is 5.75 Å². The second-order valence-corrected chi connectivity index (χ2v) is 9.86. The summed E-state index contributed by atoms with van der Waals surface area (Å²) < 4.78 is 1.84. The van der Waals surface area contributed by atoms with Crippen molar-refractivity contribution in [2.75, 3.05) is 12.2 Å². The molecule has 0 fully saturated rings. The van der Waals surface area contributed by atoms with Gasteiger partial charge in [-0.2, -0.15) is 10.2 Å². The second kappa shape index (κ2) is 7.34. The quantitative estimate of drug-likeness (QED) is 0.531. The van der Waals surface area contributed by atoms with Crippen LogP contribution in [0.15, 0.2) is 53.3 Å². The lowest BCUT2D eigenvalue weighted by Gasteiger charge is -2.32. The van der Waals surface area contributed by atoms with Gasteiger partial charge in [-0.15, -0.1) is 0 Å². The van der Waals surface area contributed by atoms with Crippen LogP contribution in [0, 0.1) is 0 Å². The van der Waals surface area contributed by atoms with Gasteiger partial charge in [-0.1, -0.05) is 93.9 Å². The number of hydrogen-bond acceptors (Lipinski definition) is 4. The van der Waals surface area contributed by atoms with E-state index in [-0.39, 0.29) is 11.4 Å². The van der Waals surface area contributed by atoms with Gasteiger partial charge >= 0.3 is 0 Å². The number of alkyl halides is 6. The third kappa shape index (κ3) is 4.06. The van der Waals surface area contributed by atoms with Crippen LogP contribution in [0.2, 0.25) is 0 Å². The van der Waals surface area contributed by atoms with Gasteiger partial charge in [0, 0.05) is 10.8 Å². The average molecular weight is 474 g/mol. The number of nitrogens with zero attached hydrogens (tertiary/aromatic N) is 2. The Balaban J connectivity index is 2.17. The fourth-order valence-electron chi connectivity index (χ4n) is 2.46. The lowest BCUT2D eigenvalue weighted by atomic mass is 10.1. The highest BCUT2D eigenvalue weighted by atomic mass is 35.6. The minimum absolute atomic E-state index is 0.0995. The van der Waals surface area contributed by atoms with Crippen LogP contribution in [0.4, 0.5) is 5.69 Å². The number of rotatable bonds is 2. The molecule has 0 atom stereocenters. The molecular formula is C16H11Cl6N3O. The molecule has 0 bridgehead atoms. The SMILES string of the molecule is COc1ccc(N2N=C(C(Cl)(Cl)Cl)C=C(C(Cl)(Cl)Cl)N2)c2ccccc12. The molecule has 1 aliphatic heterocycles. The zero-order chi connectivity index (χ0) is 19.1. The first-order valence-corrected chi connectivity index (χ1v) is 9.45. The highest BCUT2D eigenvalue weighted by Crippen LogP contribution is 2.40. The molecule has 4 nitrogen and oxygen atoms in total. The Kier molecular flexibility index (Phi) is 5.65. The van der Waals surface area contributed by atoms with Crippen molar-refractivity contribution in [1.82, 2.24) is 5.43 Å². The molecule has 0 spiro atoms. The number of anilines is 1. The van der Waals surface area contributed by atoms with Crippen LogP contribution < -0.4 is 15.3 Å². The summed E-state index contributed by atoms with van der Waals surface area (Å²) in [5.74, 6) is 0.712. The molecule has 1 heterocycles. The highest BCUT2D eigenvalue weighted by Gasteiger charge is 2.36. The minimum atomic E-state index is -1.80. The fourth-order valence-corrected chi connectivity index (χ4v) is 3.03. The monoisotopic (exact) mass is 471 g/mol. The molecule has 0 radical (unpaired) electrons. The van der Waals surface area contributed by atoms with E-state index in [2.05, 4.69) is 10.5 Å². The van der Waals surface area contributed by atoms with Gasteiger partial charge < -0.3 is 4.74 Å². The zero-order valence-corrected chi connectivity index (χ0v) is 17.6. The number of nitrogens with one attached hydrogen (secondary N) is 1. The molecular weight excluding hydrogens is 463 g/mol. The van der Waals surface area contributed by atoms with Gasteiger partial charge in [0.1, 0.15) is 11.5 Å². The second-order valence-electron chi connectivity index (χ2n) is 5.29. The Morgan fingerprint density at radius 2 is 1.58 bits per heavy atom. The number of allylic oxidation sites excluding steroid dienone is 2. The molecule has 10 heteroatoms. The number of benzene rings is 2. The van der Waals surface area contributed by atoms with Gasteiger partial charge in [0.25, 0.3) is 0 Å². The van der Waals surface area contributed by atoms with Crippen molar-refractivity contribution in [1.29, 1.82) is 0 Å². The summed E-state index contributed by atoms with van der Waals surface area (Å²) in [5, 5.41) is 7.47. The summed E-state index contributed by atoms with van der Waals surface area (Å²) in [5.41, 5.74) is 3.89. The largest absolute Gasteiger partial charge is 0.496 e. The lowest BCUT2D eigenvalue weighted by Crippen LogP contribution is -2.43. The van der Waals surface area contributed by atoms with E-state index in [0.29, 0.717) is 11.4 Å². The molecule has 26 heavy (non-hydrogen) atoms. The summed E-state index contributed by atoms with van der Waals surface area (Å²) in [7, 11) is 1.60. The number of ether oxygens (including phenoxy) is 1. The third-order valence-electron chi connectivity index (χ3n) is 3.62. The number of hydrogen-bond donors (Lipinski definition) is 1. The Morgan fingerprint density at radius 3 is 2.15 bits per heavy atom. The van der Waals surface area contributed by atoms with Gasteiger partial charge in [0.2, 0.25) is 7.59 Å². The Hall–Kier alpha value is -0.750. The molecule has 1 aliphatic rings. The molecule has 0 saturated heterocycles. The average Bonchev–Trinajstić information content (AvgIpc) is 2.59. The molecule has 0 aromatic heterocycles. The molecule has 0 saturated carbocycles. The number of fused-ring (bicyclic) bond motifs is 1. The van der Waals surface area contributed by atoms with Gasteiger partial charge in [-0.3, -0.25) is 5.43 Å². The van der Waals surface area contributed by atoms with E-state index in [1.165, 1.54) is 11.2 Å². The maximum absolute atomic E-state index is 6.02. The van der Waals surface area contributed by atoms with Crippen LogP contribution in [0.25, 0.3) is 10.8 Å². The minimum Gasteiger partial charge on any atom is -0.496 e. The van der Waals surface area contributed by atoms with Crippen LogP contribution in [0.5, 0.6) is 5.75 Å². The number of halogens is 6. The van der Waals surface area contributed by atoms with Crippen LogP contribution in [-0.4, -0.2) is 20.4 Å². The highest BCUT2D eigenvalue weighted by molar-refractivity contribution is 6.78. The smallest absolute Gasteiger partial charge is 0.234 e. The van der Waals surface area contributed by atoms with E-state index in [0.717, 1.165) is 10.8 Å². The number of methoxy groups -OCH3 is 1. The Morgan fingerprint density at radius 1 is 0.923 bits per heavy atom. The van der Waals surface area contributed by atoms with Crippen molar-refractivity contribution in [2.24, 2.45) is 5.10 Å². The third-order valence-corrected chi connectivity index (χ3v) is 4.81. The Labute approximate surface area is 180 Å². The first kappa shape index (κ1) is 20.0. The van der Waals surface area contributed by atoms with Crippen molar-refractivity contribution in [2.45, 2.75) is 7.59 Å². The molecule has 2 aromatic rings. The van der Waals surface area contributed by atoms with Crippen molar-refractivity contribution >= 4 is 91.8 Å². The summed E-state index contributed by atoms with van der Waals surface area (Å²) in [6, 6.07) is 11.2. The predicted molar refractivity (Wildman–Crippen MR) is 112 cm³/mol. The number of hydrazone groups is 1. The van der Waals surface area contributed by atoms with E-state index in [9.17, 15) is 0 Å². The molecule has 0 unspecified atom stereocenters. The fraction of sp³-hybridized carbons (Fsp3) is 0.188. The summed E-state index contributed by atoms with van der Waals surface area (Å²) in [4.78, 5) is 0. The van der Waals surface area contributed by atoms with E-state index in [1.54, 1.807) is 19.2 Å². The lowest BCUT2D eigenvalue weighted by molar-refractivity contribution is 0.420. The molecule has 1 N–H and O–H groups in total. The molecule has 3 rings (SSSR count). The summed E-state index contributed by atoms with van der Waals surface area (Å²) >= 11 is 36.0. The number of hydrazine groups is 1. The van der Waals surface area contributed by atoms with Gasteiger partial charge in [0.05, 0.1) is 18.5 Å². The Bertz CT molecular complexity index is 901.